The van der Waals surface area contributed by atoms with Crippen LogP contribution in [0.5, 0.6) is 0 Å². The Bertz CT molecular complexity index is 956. The van der Waals surface area contributed by atoms with E-state index in [1.165, 1.54) is 18.2 Å². The van der Waals surface area contributed by atoms with Crippen LogP contribution in [0, 0.1) is 0 Å². The Hall–Kier alpha value is -3.19. The van der Waals surface area contributed by atoms with E-state index >= 15 is 0 Å². The van der Waals surface area contributed by atoms with E-state index in [1.807, 2.05) is 6.92 Å². The smallest absolute Gasteiger partial charge is 0.338 e. The van der Waals surface area contributed by atoms with Crippen LogP contribution in [0.1, 0.15) is 44.4 Å². The highest BCUT2D eigenvalue weighted by Crippen LogP contribution is 2.30. The summed E-state index contributed by atoms with van der Waals surface area (Å²) in [6, 6.07) is 10.4. The maximum atomic E-state index is 12.7. The molecule has 1 aliphatic heterocycles. The van der Waals surface area contributed by atoms with E-state index < -0.39 is 30.3 Å². The Morgan fingerprint density at radius 1 is 1.04 bits per heavy atom. The predicted molar refractivity (Wildman–Crippen MR) is 103 cm³/mol. The summed E-state index contributed by atoms with van der Waals surface area (Å²) in [7, 11) is 0. The molecule has 0 spiro atoms. The number of amides is 3. The van der Waals surface area contributed by atoms with Gasteiger partial charge in [-0.3, -0.25) is 14.4 Å². The minimum atomic E-state index is -0.750. The second-order valence-corrected chi connectivity index (χ2v) is 6.55. The fourth-order valence-electron chi connectivity index (χ4n) is 2.72. The summed E-state index contributed by atoms with van der Waals surface area (Å²) in [5.41, 5.74) is 0.760. The summed E-state index contributed by atoms with van der Waals surface area (Å²) in [5, 5.41) is 3.07. The summed E-state index contributed by atoms with van der Waals surface area (Å²) in [6.45, 7) is 1.98. The molecule has 0 atom stereocenters. The molecule has 0 aliphatic carbocycles. The molecule has 0 unspecified atom stereocenters. The molecule has 0 saturated heterocycles. The molecule has 2 aromatic carbocycles. The number of esters is 1. The quantitative estimate of drug-likeness (QED) is 0.594. The number of nitrogens with one attached hydrogen (secondary N) is 1. The van der Waals surface area contributed by atoms with E-state index in [1.54, 1.807) is 24.3 Å². The van der Waals surface area contributed by atoms with Gasteiger partial charge >= 0.3 is 5.97 Å². The second-order valence-electron chi connectivity index (χ2n) is 6.11. The number of ether oxygens (including phenoxy) is 1. The van der Waals surface area contributed by atoms with Crippen LogP contribution in [0.25, 0.3) is 0 Å². The van der Waals surface area contributed by atoms with Crippen molar-refractivity contribution in [3.8, 4) is 0 Å². The van der Waals surface area contributed by atoms with E-state index in [0.29, 0.717) is 17.3 Å². The van der Waals surface area contributed by atoms with Gasteiger partial charge in [0.1, 0.15) is 0 Å². The Kier molecular flexibility index (Phi) is 5.75. The van der Waals surface area contributed by atoms with Crippen LogP contribution in [0.15, 0.2) is 42.5 Å². The molecule has 0 radical (unpaired) electrons. The van der Waals surface area contributed by atoms with Crippen molar-refractivity contribution in [2.75, 3.05) is 18.1 Å². The maximum absolute atomic E-state index is 12.7. The lowest BCUT2D eigenvalue weighted by atomic mass is 10.1. The fraction of sp³-hybridized carbons (Fsp3) is 0.200. The zero-order valence-electron chi connectivity index (χ0n) is 15.0. The van der Waals surface area contributed by atoms with Crippen LogP contribution in [0.2, 0.25) is 5.02 Å². The minimum Gasteiger partial charge on any atom is -0.452 e. The average molecular weight is 401 g/mol. The zero-order valence-corrected chi connectivity index (χ0v) is 15.8. The summed E-state index contributed by atoms with van der Waals surface area (Å²) in [6.07, 6.45) is 0.769. The van der Waals surface area contributed by atoms with Gasteiger partial charge in [0.2, 0.25) is 0 Å². The summed E-state index contributed by atoms with van der Waals surface area (Å²) < 4.78 is 4.96. The molecule has 0 saturated carbocycles. The number of anilines is 1. The van der Waals surface area contributed by atoms with Crippen LogP contribution in [-0.4, -0.2) is 36.8 Å². The highest BCUT2D eigenvalue weighted by atomic mass is 35.5. The van der Waals surface area contributed by atoms with Gasteiger partial charge in [-0.1, -0.05) is 18.5 Å². The highest BCUT2D eigenvalue weighted by molar-refractivity contribution is 6.35. The molecule has 1 heterocycles. The van der Waals surface area contributed by atoms with Crippen LogP contribution >= 0.6 is 11.6 Å². The maximum Gasteiger partial charge on any atom is 0.338 e. The molecule has 8 heteroatoms. The van der Waals surface area contributed by atoms with E-state index in [2.05, 4.69) is 5.32 Å². The van der Waals surface area contributed by atoms with Gasteiger partial charge in [-0.2, -0.15) is 0 Å². The Morgan fingerprint density at radius 2 is 1.71 bits per heavy atom. The van der Waals surface area contributed by atoms with Crippen molar-refractivity contribution in [3.05, 3.63) is 64.2 Å². The van der Waals surface area contributed by atoms with E-state index in [0.717, 1.165) is 11.3 Å². The topological polar surface area (TPSA) is 92.8 Å². The first-order valence-corrected chi connectivity index (χ1v) is 9.02. The summed E-state index contributed by atoms with van der Waals surface area (Å²) in [4.78, 5) is 50.0. The van der Waals surface area contributed by atoms with Gasteiger partial charge in [0.15, 0.2) is 6.61 Å². The Labute approximate surface area is 166 Å². The van der Waals surface area contributed by atoms with Gasteiger partial charge < -0.3 is 10.1 Å². The number of rotatable bonds is 6. The van der Waals surface area contributed by atoms with Crippen molar-refractivity contribution in [2.45, 2.75) is 13.3 Å². The van der Waals surface area contributed by atoms with Crippen molar-refractivity contribution in [1.82, 2.24) is 5.32 Å². The first-order chi connectivity index (χ1) is 13.4. The molecule has 7 nitrogen and oxygen atoms in total. The number of nitrogens with zero attached hydrogens (tertiary/aromatic N) is 1. The van der Waals surface area contributed by atoms with Crippen LogP contribution in [0.3, 0.4) is 0 Å². The lowest BCUT2D eigenvalue weighted by molar-refractivity contribution is -0.124. The molecule has 1 N–H and O–H groups in total. The Morgan fingerprint density at radius 3 is 2.39 bits per heavy atom. The molecule has 3 amide bonds. The van der Waals surface area contributed by atoms with Crippen molar-refractivity contribution in [3.63, 3.8) is 0 Å². The number of benzene rings is 2. The largest absolute Gasteiger partial charge is 0.452 e. The molecular weight excluding hydrogens is 384 g/mol. The third-order valence-electron chi connectivity index (χ3n) is 4.11. The van der Waals surface area contributed by atoms with Crippen LogP contribution < -0.4 is 10.2 Å². The van der Waals surface area contributed by atoms with Crippen molar-refractivity contribution in [2.24, 2.45) is 0 Å². The number of halogens is 1. The summed E-state index contributed by atoms with van der Waals surface area (Å²) in [5.74, 6) is -2.19. The number of carbonyl (C=O) groups is 4. The first-order valence-electron chi connectivity index (χ1n) is 8.64. The van der Waals surface area contributed by atoms with Crippen molar-refractivity contribution < 1.29 is 23.9 Å². The number of imide groups is 1. The SMILES string of the molecule is CCCNC(=O)COC(=O)c1ccc2c(c1)C(=O)N(c1ccc(Cl)cc1)C2=O. The van der Waals surface area contributed by atoms with Gasteiger partial charge in [0.25, 0.3) is 17.7 Å². The molecule has 0 bridgehead atoms. The van der Waals surface area contributed by atoms with Crippen LogP contribution in [-0.2, 0) is 9.53 Å². The van der Waals surface area contributed by atoms with Gasteiger partial charge in [-0.05, 0) is 48.9 Å². The van der Waals surface area contributed by atoms with Gasteiger partial charge in [-0.15, -0.1) is 0 Å². The predicted octanol–water partition coefficient (Wildman–Crippen LogP) is 2.82. The Balaban J connectivity index is 1.77. The molecule has 2 aromatic rings. The fourth-order valence-corrected chi connectivity index (χ4v) is 2.85. The minimum absolute atomic E-state index is 0.0844. The lowest BCUT2D eigenvalue weighted by Gasteiger charge is -2.13. The van der Waals surface area contributed by atoms with Gasteiger partial charge in [-0.25, -0.2) is 9.69 Å². The van der Waals surface area contributed by atoms with Crippen LogP contribution in [0.4, 0.5) is 5.69 Å². The molecule has 28 heavy (non-hydrogen) atoms. The zero-order chi connectivity index (χ0) is 20.3. The lowest BCUT2D eigenvalue weighted by Crippen LogP contribution is -2.29. The number of hydrogen-bond acceptors (Lipinski definition) is 5. The molecule has 1 aliphatic rings. The second kappa shape index (κ2) is 8.22. The normalized spacial score (nSPS) is 12.7. The van der Waals surface area contributed by atoms with E-state index in [9.17, 15) is 19.2 Å². The van der Waals surface area contributed by atoms with Gasteiger partial charge in [0, 0.05) is 11.6 Å². The highest BCUT2D eigenvalue weighted by Gasteiger charge is 2.37. The molecule has 3 rings (SSSR count). The van der Waals surface area contributed by atoms with E-state index in [4.69, 9.17) is 16.3 Å². The molecular formula is C20H17ClN2O5. The first kappa shape index (κ1) is 19.6. The van der Waals surface area contributed by atoms with Crippen molar-refractivity contribution >= 4 is 41.0 Å². The average Bonchev–Trinajstić information content (AvgIpc) is 2.95. The molecule has 144 valence electrons. The monoisotopic (exact) mass is 400 g/mol. The number of fused-ring (bicyclic) bond motifs is 1. The van der Waals surface area contributed by atoms with Gasteiger partial charge in [0.05, 0.1) is 22.4 Å². The number of carbonyl (C=O) groups excluding carboxylic acids is 4. The third kappa shape index (κ3) is 3.89. The third-order valence-corrected chi connectivity index (χ3v) is 4.37. The van der Waals surface area contributed by atoms with E-state index in [-0.39, 0.29) is 16.7 Å². The summed E-state index contributed by atoms with van der Waals surface area (Å²) >= 11 is 5.85. The molecule has 0 aromatic heterocycles. The standard InChI is InChI=1S/C20H17ClN2O5/c1-2-9-22-17(24)11-28-20(27)12-3-8-15-16(10-12)19(26)23(18(15)25)14-6-4-13(21)5-7-14/h3-8,10H,2,9,11H2,1H3,(H,22,24). The van der Waals surface area contributed by atoms with Crippen molar-refractivity contribution in [1.29, 1.82) is 0 Å². The molecule has 0 fully saturated rings. The number of hydrogen-bond donors (Lipinski definition) is 1.